The van der Waals surface area contributed by atoms with E-state index in [-0.39, 0.29) is 0 Å². The third-order valence-corrected chi connectivity index (χ3v) is 7.67. The minimum atomic E-state index is 0.949. The van der Waals surface area contributed by atoms with Gasteiger partial charge in [0.15, 0.2) is 0 Å². The predicted octanol–water partition coefficient (Wildman–Crippen LogP) is 3.18. The maximum Gasteiger partial charge on any atom is -0.0173 e. The summed E-state index contributed by atoms with van der Waals surface area (Å²) in [5, 5.41) is 0. The van der Waals surface area contributed by atoms with Crippen LogP contribution in [-0.4, -0.2) is 0 Å². The molecule has 0 amide bonds. The molecule has 7 rings (SSSR count). The van der Waals surface area contributed by atoms with Crippen LogP contribution in [0.5, 0.6) is 0 Å². The molecule has 0 heterocycles. The van der Waals surface area contributed by atoms with Crippen molar-refractivity contribution in [3.05, 3.63) is 0 Å². The second-order valence-corrected chi connectivity index (χ2v) is 6.99. The molecule has 9 unspecified atom stereocenters. The first kappa shape index (κ1) is 7.30. The number of hydrogen-bond donors (Lipinski definition) is 0. The minimum Gasteiger partial charge on any atom is -0.0651 e. The van der Waals surface area contributed by atoms with Gasteiger partial charge in [-0.3, -0.25) is 0 Å². The van der Waals surface area contributed by atoms with Crippen LogP contribution in [0.1, 0.15) is 33.1 Å². The Morgan fingerprint density at radius 3 is 2.64 bits per heavy atom. The van der Waals surface area contributed by atoms with E-state index >= 15 is 0 Å². The van der Waals surface area contributed by atoms with Gasteiger partial charge in [0.25, 0.3) is 0 Å². The summed E-state index contributed by atoms with van der Waals surface area (Å²) in [6, 6.07) is 0. The fourth-order valence-electron chi connectivity index (χ4n) is 7.73. The van der Waals surface area contributed by atoms with Crippen molar-refractivity contribution in [2.75, 3.05) is 0 Å². The van der Waals surface area contributed by atoms with Crippen molar-refractivity contribution < 1.29 is 0 Å². The van der Waals surface area contributed by atoms with Crippen molar-refractivity contribution in [1.29, 1.82) is 0 Å². The molecule has 0 saturated heterocycles. The lowest BCUT2D eigenvalue weighted by molar-refractivity contribution is -0.387. The standard InChI is InChI=1S/C14H20/c1-3-8-10-5-7-4-9-6(2)14(7)12(8)11(10)13(9)14/h6-13H,3-5H2,1-2H3. The van der Waals surface area contributed by atoms with Crippen LogP contribution in [0.25, 0.3) is 0 Å². The van der Waals surface area contributed by atoms with Gasteiger partial charge in [-0.2, -0.15) is 0 Å². The van der Waals surface area contributed by atoms with Gasteiger partial charge in [-0.1, -0.05) is 20.3 Å². The first-order chi connectivity index (χ1) is 6.81. The van der Waals surface area contributed by atoms with Crippen molar-refractivity contribution in [3.63, 3.8) is 0 Å². The fourth-order valence-corrected chi connectivity index (χ4v) is 7.73. The molecular weight excluding hydrogens is 168 g/mol. The van der Waals surface area contributed by atoms with Gasteiger partial charge < -0.3 is 0 Å². The Kier molecular flexibility index (Phi) is 0.897. The lowest BCUT2D eigenvalue weighted by Gasteiger charge is -2.85. The van der Waals surface area contributed by atoms with Gasteiger partial charge in [0, 0.05) is 0 Å². The molecule has 7 aliphatic rings. The molecule has 9 atom stereocenters. The zero-order valence-electron chi connectivity index (χ0n) is 9.24. The second kappa shape index (κ2) is 1.72. The van der Waals surface area contributed by atoms with E-state index in [0.717, 1.165) is 11.3 Å². The van der Waals surface area contributed by atoms with Crippen LogP contribution in [-0.2, 0) is 0 Å². The molecule has 0 radical (unpaired) electrons. The van der Waals surface area contributed by atoms with Gasteiger partial charge in [-0.25, -0.2) is 0 Å². The van der Waals surface area contributed by atoms with Gasteiger partial charge in [-0.15, -0.1) is 0 Å². The monoisotopic (exact) mass is 188 g/mol. The summed E-state index contributed by atoms with van der Waals surface area (Å²) in [6.45, 7) is 5.02. The van der Waals surface area contributed by atoms with Gasteiger partial charge in [0.2, 0.25) is 0 Å². The molecule has 7 bridgehead atoms. The second-order valence-electron chi connectivity index (χ2n) is 6.99. The van der Waals surface area contributed by atoms with E-state index in [1.54, 1.807) is 12.8 Å². The molecule has 1 spiro atoms. The van der Waals surface area contributed by atoms with Gasteiger partial charge in [-0.05, 0) is 65.6 Å². The van der Waals surface area contributed by atoms with Crippen LogP contribution in [0, 0.1) is 52.8 Å². The Morgan fingerprint density at radius 1 is 1.14 bits per heavy atom. The van der Waals surface area contributed by atoms with E-state index in [1.165, 1.54) is 47.8 Å². The molecule has 0 aromatic heterocycles. The largest absolute Gasteiger partial charge is 0.0651 e. The van der Waals surface area contributed by atoms with Gasteiger partial charge in [0.1, 0.15) is 0 Å². The molecule has 76 valence electrons. The summed E-state index contributed by atoms with van der Waals surface area (Å²) in [5.74, 6) is 9.66. The van der Waals surface area contributed by atoms with E-state index in [9.17, 15) is 0 Å². The van der Waals surface area contributed by atoms with Crippen molar-refractivity contribution in [2.24, 2.45) is 52.8 Å². The summed E-state index contributed by atoms with van der Waals surface area (Å²) < 4.78 is 0. The highest BCUT2D eigenvalue weighted by Crippen LogP contribution is 2.94. The topological polar surface area (TPSA) is 0 Å². The molecule has 7 fully saturated rings. The number of hydrogen-bond acceptors (Lipinski definition) is 0. The molecule has 0 aromatic carbocycles. The highest BCUT2D eigenvalue weighted by Gasteiger charge is 2.89. The molecule has 7 saturated carbocycles. The van der Waals surface area contributed by atoms with Crippen molar-refractivity contribution in [1.82, 2.24) is 0 Å². The molecule has 0 heteroatoms. The average molecular weight is 188 g/mol. The summed E-state index contributed by atoms with van der Waals surface area (Å²) in [5.41, 5.74) is 0.949. The van der Waals surface area contributed by atoms with Gasteiger partial charge >= 0.3 is 0 Å². The van der Waals surface area contributed by atoms with Crippen molar-refractivity contribution >= 4 is 0 Å². The maximum absolute atomic E-state index is 2.59. The summed E-state index contributed by atoms with van der Waals surface area (Å²) in [6.07, 6.45) is 4.78. The first-order valence-electron chi connectivity index (χ1n) is 6.81. The quantitative estimate of drug-likeness (QED) is 0.593. The van der Waals surface area contributed by atoms with E-state index in [4.69, 9.17) is 0 Å². The molecule has 0 N–H and O–H groups in total. The zero-order chi connectivity index (χ0) is 9.24. The third-order valence-electron chi connectivity index (χ3n) is 7.67. The molecular formula is C14H20. The Bertz CT molecular complexity index is 329. The maximum atomic E-state index is 2.59. The van der Waals surface area contributed by atoms with Crippen LogP contribution in [0.4, 0.5) is 0 Å². The Balaban J connectivity index is 1.67. The lowest BCUT2D eigenvalue weighted by Crippen LogP contribution is -2.82. The van der Waals surface area contributed by atoms with Crippen LogP contribution in [0.2, 0.25) is 0 Å². The molecule has 0 aromatic rings. The van der Waals surface area contributed by atoms with Crippen LogP contribution in [0.15, 0.2) is 0 Å². The third kappa shape index (κ3) is 0.378. The SMILES string of the molecule is CCC1C2CC3CC4C(C)C35C1C2C45. The smallest absolute Gasteiger partial charge is 0.0173 e. The van der Waals surface area contributed by atoms with Crippen LogP contribution >= 0.6 is 0 Å². The summed E-state index contributed by atoms with van der Waals surface area (Å²) in [7, 11) is 0. The molecule has 0 nitrogen and oxygen atoms in total. The zero-order valence-corrected chi connectivity index (χ0v) is 9.24. The first-order valence-corrected chi connectivity index (χ1v) is 6.81. The van der Waals surface area contributed by atoms with Crippen molar-refractivity contribution in [3.8, 4) is 0 Å². The summed E-state index contributed by atoms with van der Waals surface area (Å²) in [4.78, 5) is 0. The highest BCUT2D eigenvalue weighted by atomic mass is 14.9. The Hall–Kier alpha value is 0. The van der Waals surface area contributed by atoms with Crippen LogP contribution < -0.4 is 0 Å². The van der Waals surface area contributed by atoms with Gasteiger partial charge in [0.05, 0.1) is 0 Å². The van der Waals surface area contributed by atoms with E-state index < -0.39 is 0 Å². The molecule has 7 aliphatic carbocycles. The minimum absolute atomic E-state index is 0.949. The molecule has 0 aliphatic heterocycles. The lowest BCUT2D eigenvalue weighted by atomic mass is 9.19. The average Bonchev–Trinajstić information content (AvgIpc) is 2.61. The van der Waals surface area contributed by atoms with E-state index in [1.807, 2.05) is 0 Å². The van der Waals surface area contributed by atoms with E-state index in [0.29, 0.717) is 0 Å². The summed E-state index contributed by atoms with van der Waals surface area (Å²) >= 11 is 0. The molecule has 14 heavy (non-hydrogen) atoms. The normalized spacial score (nSPS) is 80.1. The van der Waals surface area contributed by atoms with Crippen molar-refractivity contribution in [2.45, 2.75) is 33.1 Å². The van der Waals surface area contributed by atoms with E-state index in [2.05, 4.69) is 13.8 Å². The Labute approximate surface area is 86.5 Å². The van der Waals surface area contributed by atoms with Crippen LogP contribution in [0.3, 0.4) is 0 Å². The fraction of sp³-hybridized carbons (Fsp3) is 1.00. The predicted molar refractivity (Wildman–Crippen MR) is 55.6 cm³/mol. The number of rotatable bonds is 1. The Morgan fingerprint density at radius 2 is 1.93 bits per heavy atom. The highest BCUT2D eigenvalue weighted by molar-refractivity contribution is 5.36.